The number of hydrogen-bond acceptors (Lipinski definition) is 6. The number of anilines is 1. The number of aromatic nitrogens is 1. The largest absolute Gasteiger partial charge is 0.504 e. The Morgan fingerprint density at radius 1 is 1.55 bits per heavy atom. The number of ether oxygens (including phenoxy) is 1. The van der Waals surface area contributed by atoms with E-state index in [0.717, 1.165) is 11.3 Å². The standard InChI is InChI=1S/C13H15N3O3S/c1-19-11-5-8(2-3-10(11)17)4-9-7-20-13(15-9)16-12(18)6-14/h2-3,5,7,17H,4,6,14H2,1H3,(H,15,16,18). The summed E-state index contributed by atoms with van der Waals surface area (Å²) in [6, 6.07) is 5.14. The zero-order chi connectivity index (χ0) is 14.5. The molecule has 0 aliphatic heterocycles. The molecule has 1 amide bonds. The van der Waals surface area contributed by atoms with Crippen LogP contribution in [0.15, 0.2) is 23.6 Å². The summed E-state index contributed by atoms with van der Waals surface area (Å²) in [5, 5.41) is 14.5. The molecular weight excluding hydrogens is 278 g/mol. The van der Waals surface area contributed by atoms with Crippen molar-refractivity contribution in [3.05, 3.63) is 34.8 Å². The molecule has 7 heteroatoms. The van der Waals surface area contributed by atoms with Gasteiger partial charge >= 0.3 is 0 Å². The summed E-state index contributed by atoms with van der Waals surface area (Å²) in [7, 11) is 1.50. The van der Waals surface area contributed by atoms with E-state index >= 15 is 0 Å². The van der Waals surface area contributed by atoms with Crippen molar-refractivity contribution in [1.82, 2.24) is 4.98 Å². The lowest BCUT2D eigenvalue weighted by Crippen LogP contribution is -2.21. The molecule has 1 heterocycles. The quantitative estimate of drug-likeness (QED) is 0.773. The van der Waals surface area contributed by atoms with Crippen LogP contribution in [0.3, 0.4) is 0 Å². The van der Waals surface area contributed by atoms with E-state index in [1.807, 2.05) is 5.38 Å². The van der Waals surface area contributed by atoms with E-state index in [4.69, 9.17) is 10.5 Å². The minimum Gasteiger partial charge on any atom is -0.504 e. The normalized spacial score (nSPS) is 10.3. The molecule has 2 rings (SSSR count). The smallest absolute Gasteiger partial charge is 0.239 e. The van der Waals surface area contributed by atoms with Gasteiger partial charge in [0.25, 0.3) is 0 Å². The number of amides is 1. The van der Waals surface area contributed by atoms with Gasteiger partial charge in [-0.15, -0.1) is 11.3 Å². The summed E-state index contributed by atoms with van der Waals surface area (Å²) in [4.78, 5) is 15.5. The van der Waals surface area contributed by atoms with Gasteiger partial charge in [-0.2, -0.15) is 0 Å². The first-order valence-electron chi connectivity index (χ1n) is 5.92. The predicted molar refractivity (Wildman–Crippen MR) is 77.3 cm³/mol. The second-order valence-electron chi connectivity index (χ2n) is 4.08. The van der Waals surface area contributed by atoms with Crippen LogP contribution in [0.1, 0.15) is 11.3 Å². The number of carbonyl (C=O) groups excluding carboxylic acids is 1. The third-order valence-corrected chi connectivity index (χ3v) is 3.42. The van der Waals surface area contributed by atoms with E-state index in [2.05, 4.69) is 10.3 Å². The molecule has 4 N–H and O–H groups in total. The maximum Gasteiger partial charge on any atom is 0.239 e. The number of methoxy groups -OCH3 is 1. The van der Waals surface area contributed by atoms with Gasteiger partial charge < -0.3 is 20.9 Å². The molecule has 0 aliphatic rings. The minimum absolute atomic E-state index is 0.0654. The highest BCUT2D eigenvalue weighted by molar-refractivity contribution is 7.13. The second-order valence-corrected chi connectivity index (χ2v) is 4.94. The highest BCUT2D eigenvalue weighted by atomic mass is 32.1. The van der Waals surface area contributed by atoms with E-state index in [0.29, 0.717) is 17.3 Å². The molecule has 0 bridgehead atoms. The maximum absolute atomic E-state index is 11.2. The van der Waals surface area contributed by atoms with Crippen LogP contribution in [0.5, 0.6) is 11.5 Å². The molecule has 20 heavy (non-hydrogen) atoms. The monoisotopic (exact) mass is 293 g/mol. The summed E-state index contributed by atoms with van der Waals surface area (Å²) in [6.45, 7) is -0.0654. The van der Waals surface area contributed by atoms with Gasteiger partial charge in [0.15, 0.2) is 16.6 Å². The summed E-state index contributed by atoms with van der Waals surface area (Å²) >= 11 is 1.35. The van der Waals surface area contributed by atoms with E-state index in [1.54, 1.807) is 18.2 Å². The van der Waals surface area contributed by atoms with Crippen molar-refractivity contribution in [3.63, 3.8) is 0 Å². The Morgan fingerprint density at radius 3 is 3.05 bits per heavy atom. The Morgan fingerprint density at radius 2 is 2.35 bits per heavy atom. The lowest BCUT2D eigenvalue weighted by molar-refractivity contribution is -0.114. The zero-order valence-electron chi connectivity index (χ0n) is 10.9. The molecule has 1 aromatic heterocycles. The van der Waals surface area contributed by atoms with Crippen molar-refractivity contribution in [2.45, 2.75) is 6.42 Å². The maximum atomic E-state index is 11.2. The van der Waals surface area contributed by atoms with Crippen molar-refractivity contribution in [1.29, 1.82) is 0 Å². The fraction of sp³-hybridized carbons (Fsp3) is 0.231. The molecular formula is C13H15N3O3S. The second kappa shape index (κ2) is 6.36. The number of nitrogens with one attached hydrogen (secondary N) is 1. The average Bonchev–Trinajstić information content (AvgIpc) is 2.88. The summed E-state index contributed by atoms with van der Waals surface area (Å²) in [5.41, 5.74) is 7.01. The highest BCUT2D eigenvalue weighted by Crippen LogP contribution is 2.27. The molecule has 0 radical (unpaired) electrons. The fourth-order valence-electron chi connectivity index (χ4n) is 1.66. The number of rotatable bonds is 5. The van der Waals surface area contributed by atoms with Crippen LogP contribution in [0.4, 0.5) is 5.13 Å². The number of carbonyl (C=O) groups is 1. The van der Waals surface area contributed by atoms with Crippen LogP contribution in [-0.2, 0) is 11.2 Å². The van der Waals surface area contributed by atoms with Gasteiger partial charge in [-0.05, 0) is 17.7 Å². The van der Waals surface area contributed by atoms with Crippen LogP contribution >= 0.6 is 11.3 Å². The molecule has 2 aromatic rings. The van der Waals surface area contributed by atoms with Crippen LogP contribution < -0.4 is 15.8 Å². The lowest BCUT2D eigenvalue weighted by atomic mass is 10.1. The topological polar surface area (TPSA) is 97.5 Å². The van der Waals surface area contributed by atoms with Crippen molar-refractivity contribution >= 4 is 22.4 Å². The molecule has 0 atom stereocenters. The third kappa shape index (κ3) is 3.46. The Labute approximate surface area is 120 Å². The Kier molecular flexibility index (Phi) is 4.54. The van der Waals surface area contributed by atoms with Gasteiger partial charge in [0, 0.05) is 11.8 Å². The summed E-state index contributed by atoms with van der Waals surface area (Å²) < 4.78 is 5.06. The number of nitrogens with zero attached hydrogens (tertiary/aromatic N) is 1. The first kappa shape index (κ1) is 14.3. The number of phenolic OH excluding ortho intramolecular Hbond substituents is 1. The van der Waals surface area contributed by atoms with Crippen LogP contribution in [0, 0.1) is 0 Å². The molecule has 0 spiro atoms. The van der Waals surface area contributed by atoms with Crippen LogP contribution in [0.25, 0.3) is 0 Å². The molecule has 1 aromatic carbocycles. The van der Waals surface area contributed by atoms with Crippen LogP contribution in [0.2, 0.25) is 0 Å². The number of thiazole rings is 1. The van der Waals surface area contributed by atoms with Gasteiger partial charge in [0.2, 0.25) is 5.91 Å². The zero-order valence-corrected chi connectivity index (χ0v) is 11.7. The van der Waals surface area contributed by atoms with Gasteiger partial charge in [-0.3, -0.25) is 4.79 Å². The first-order chi connectivity index (χ1) is 9.62. The predicted octanol–water partition coefficient (Wildman–Crippen LogP) is 1.35. The molecule has 0 saturated heterocycles. The molecule has 0 saturated carbocycles. The third-order valence-electron chi connectivity index (χ3n) is 2.61. The van der Waals surface area contributed by atoms with Crippen molar-refractivity contribution < 1.29 is 14.6 Å². The van der Waals surface area contributed by atoms with Crippen molar-refractivity contribution in [2.75, 3.05) is 19.0 Å². The van der Waals surface area contributed by atoms with Gasteiger partial charge in [0.05, 0.1) is 19.3 Å². The minimum atomic E-state index is -0.266. The number of hydrogen-bond donors (Lipinski definition) is 3. The van der Waals surface area contributed by atoms with E-state index < -0.39 is 0 Å². The molecule has 106 valence electrons. The van der Waals surface area contributed by atoms with Gasteiger partial charge in [-0.25, -0.2) is 4.98 Å². The summed E-state index contributed by atoms with van der Waals surface area (Å²) in [5.74, 6) is 0.261. The Balaban J connectivity index is 2.08. The molecule has 0 unspecified atom stereocenters. The van der Waals surface area contributed by atoms with E-state index in [-0.39, 0.29) is 18.2 Å². The fourth-order valence-corrected chi connectivity index (χ4v) is 2.38. The Hall–Kier alpha value is -2.12. The number of nitrogens with two attached hydrogens (primary N) is 1. The summed E-state index contributed by atoms with van der Waals surface area (Å²) in [6.07, 6.45) is 0.589. The van der Waals surface area contributed by atoms with E-state index in [9.17, 15) is 9.90 Å². The van der Waals surface area contributed by atoms with Gasteiger partial charge in [-0.1, -0.05) is 6.07 Å². The first-order valence-corrected chi connectivity index (χ1v) is 6.80. The molecule has 0 fully saturated rings. The average molecular weight is 293 g/mol. The SMILES string of the molecule is COc1cc(Cc2csc(NC(=O)CN)n2)ccc1O. The van der Waals surface area contributed by atoms with Gasteiger partial charge in [0.1, 0.15) is 0 Å². The van der Waals surface area contributed by atoms with E-state index in [1.165, 1.54) is 18.4 Å². The lowest BCUT2D eigenvalue weighted by Gasteiger charge is -2.05. The molecule has 0 aliphatic carbocycles. The Bertz CT molecular complexity index is 613. The van der Waals surface area contributed by atoms with Crippen LogP contribution in [-0.4, -0.2) is 29.7 Å². The number of benzene rings is 1. The van der Waals surface area contributed by atoms with Crippen molar-refractivity contribution in [3.8, 4) is 11.5 Å². The number of phenols is 1. The highest BCUT2D eigenvalue weighted by Gasteiger charge is 2.08. The number of aromatic hydroxyl groups is 1. The van der Waals surface area contributed by atoms with Crippen molar-refractivity contribution in [2.24, 2.45) is 5.73 Å². The molecule has 6 nitrogen and oxygen atoms in total.